The molecule has 7 nitrogen and oxygen atoms in total. The van der Waals surface area contributed by atoms with Crippen LogP contribution in [0, 0.1) is 10.1 Å². The fraction of sp³-hybridized carbons (Fsp3) is 0.538. The second kappa shape index (κ2) is 7.75. The van der Waals surface area contributed by atoms with E-state index in [9.17, 15) is 18.5 Å². The first-order chi connectivity index (χ1) is 9.95. The molecule has 1 aliphatic heterocycles. The fourth-order valence-electron chi connectivity index (χ4n) is 2.36. The van der Waals surface area contributed by atoms with Crippen LogP contribution in [0.3, 0.4) is 0 Å². The monoisotopic (exact) mass is 349 g/mol. The first-order valence-electron chi connectivity index (χ1n) is 6.92. The maximum absolute atomic E-state index is 11.9. The van der Waals surface area contributed by atoms with E-state index in [1.807, 2.05) is 4.90 Å². The number of nitrogens with one attached hydrogen (secondary N) is 1. The summed E-state index contributed by atoms with van der Waals surface area (Å²) in [4.78, 5) is 12.7. The first-order valence-corrected chi connectivity index (χ1v) is 8.58. The van der Waals surface area contributed by atoms with Gasteiger partial charge in [0.2, 0.25) is 0 Å². The van der Waals surface area contributed by atoms with E-state index < -0.39 is 14.8 Å². The molecule has 1 aliphatic rings. The van der Waals surface area contributed by atoms with E-state index in [-0.39, 0.29) is 28.7 Å². The summed E-state index contributed by atoms with van der Waals surface area (Å²) in [7, 11) is -3.44. The van der Waals surface area contributed by atoms with Gasteiger partial charge in [0, 0.05) is 25.7 Å². The quantitative estimate of drug-likeness (QED) is 0.655. The largest absolute Gasteiger partial charge is 0.365 e. The van der Waals surface area contributed by atoms with Gasteiger partial charge in [-0.05, 0) is 25.1 Å². The van der Waals surface area contributed by atoms with Gasteiger partial charge in [-0.15, -0.1) is 12.4 Å². The molecule has 1 saturated heterocycles. The predicted molar refractivity (Wildman–Crippen MR) is 87.8 cm³/mol. The van der Waals surface area contributed by atoms with Crippen LogP contribution >= 0.6 is 12.4 Å². The number of nitro groups is 1. The van der Waals surface area contributed by atoms with Gasteiger partial charge in [0.05, 0.1) is 15.6 Å². The highest BCUT2D eigenvalue weighted by Crippen LogP contribution is 2.31. The van der Waals surface area contributed by atoms with Crippen molar-refractivity contribution in [3.63, 3.8) is 0 Å². The third-order valence-corrected chi connectivity index (χ3v) is 5.30. The number of hydrogen-bond acceptors (Lipinski definition) is 6. The Morgan fingerprint density at radius 1 is 1.32 bits per heavy atom. The van der Waals surface area contributed by atoms with Crippen molar-refractivity contribution in [3.8, 4) is 0 Å². The van der Waals surface area contributed by atoms with E-state index in [4.69, 9.17) is 0 Å². The molecular formula is C13H20ClN3O4S. The number of nitrogens with zero attached hydrogens (tertiary/aromatic N) is 2. The van der Waals surface area contributed by atoms with E-state index in [2.05, 4.69) is 5.32 Å². The Kier molecular flexibility index (Phi) is 6.58. The standard InChI is InChI=1S/C13H19N3O4S.ClH/c1-2-21(19,20)11-4-5-12(13(10-11)16(17)18)15-8-3-6-14-7-9-15;/h4-5,10,14H,2-3,6-9H2,1H3;1H. The first kappa shape index (κ1) is 18.7. The summed E-state index contributed by atoms with van der Waals surface area (Å²) in [5.74, 6) is -0.0723. The van der Waals surface area contributed by atoms with Crippen LogP contribution in [0.2, 0.25) is 0 Å². The number of hydrogen-bond donors (Lipinski definition) is 1. The van der Waals surface area contributed by atoms with Crippen molar-refractivity contribution in [1.29, 1.82) is 0 Å². The number of anilines is 1. The van der Waals surface area contributed by atoms with Crippen LogP contribution in [0.4, 0.5) is 11.4 Å². The van der Waals surface area contributed by atoms with Gasteiger partial charge in [0.1, 0.15) is 5.69 Å². The van der Waals surface area contributed by atoms with Crippen LogP contribution in [-0.4, -0.2) is 45.3 Å². The van der Waals surface area contributed by atoms with Crippen LogP contribution < -0.4 is 10.2 Å². The van der Waals surface area contributed by atoms with Gasteiger partial charge in [-0.2, -0.15) is 0 Å². The molecule has 1 aromatic carbocycles. The molecule has 22 heavy (non-hydrogen) atoms. The molecule has 0 aliphatic carbocycles. The van der Waals surface area contributed by atoms with Gasteiger partial charge in [-0.3, -0.25) is 10.1 Å². The molecule has 0 atom stereocenters. The van der Waals surface area contributed by atoms with Crippen LogP contribution in [-0.2, 0) is 9.84 Å². The molecule has 0 bridgehead atoms. The highest BCUT2D eigenvalue weighted by atomic mass is 35.5. The van der Waals surface area contributed by atoms with Crippen molar-refractivity contribution in [3.05, 3.63) is 28.3 Å². The zero-order chi connectivity index (χ0) is 15.5. The molecule has 0 aromatic heterocycles. The molecule has 0 unspecified atom stereocenters. The summed E-state index contributed by atoms with van der Waals surface area (Å²) in [6.45, 7) is 4.54. The molecule has 9 heteroatoms. The Hall–Kier alpha value is -1.38. The molecule has 0 spiro atoms. The lowest BCUT2D eigenvalue weighted by Gasteiger charge is -2.22. The summed E-state index contributed by atoms with van der Waals surface area (Å²) in [5.41, 5.74) is 0.338. The van der Waals surface area contributed by atoms with Crippen molar-refractivity contribution in [1.82, 2.24) is 5.32 Å². The lowest BCUT2D eigenvalue weighted by Crippen LogP contribution is -2.28. The van der Waals surface area contributed by atoms with Gasteiger partial charge in [-0.25, -0.2) is 8.42 Å². The van der Waals surface area contributed by atoms with E-state index >= 15 is 0 Å². The average molecular weight is 350 g/mol. The minimum Gasteiger partial charge on any atom is -0.365 e. The highest BCUT2D eigenvalue weighted by Gasteiger charge is 2.24. The Labute approximate surface area is 136 Å². The molecule has 0 amide bonds. The third kappa shape index (κ3) is 4.08. The Morgan fingerprint density at radius 2 is 2.05 bits per heavy atom. The molecule has 124 valence electrons. The average Bonchev–Trinajstić information content (AvgIpc) is 2.75. The van der Waals surface area contributed by atoms with Crippen LogP contribution in [0.1, 0.15) is 13.3 Å². The predicted octanol–water partition coefficient (Wildman–Crippen LogP) is 1.61. The van der Waals surface area contributed by atoms with Gasteiger partial charge >= 0.3 is 0 Å². The van der Waals surface area contributed by atoms with Crippen LogP contribution in [0.25, 0.3) is 0 Å². The molecular weight excluding hydrogens is 330 g/mol. The summed E-state index contributed by atoms with van der Waals surface area (Å²) in [6.07, 6.45) is 0.895. The van der Waals surface area contributed by atoms with Gasteiger partial charge in [0.25, 0.3) is 5.69 Å². The minimum absolute atomic E-state index is 0. The normalized spacial score (nSPS) is 15.8. The third-order valence-electron chi connectivity index (χ3n) is 3.56. The van der Waals surface area contributed by atoms with E-state index in [0.717, 1.165) is 19.5 Å². The van der Waals surface area contributed by atoms with Crippen molar-refractivity contribution < 1.29 is 13.3 Å². The van der Waals surface area contributed by atoms with E-state index in [1.54, 1.807) is 6.07 Å². The summed E-state index contributed by atoms with van der Waals surface area (Å²) in [6, 6.07) is 4.18. The second-order valence-electron chi connectivity index (χ2n) is 4.90. The van der Waals surface area contributed by atoms with Gasteiger partial charge < -0.3 is 10.2 Å². The van der Waals surface area contributed by atoms with Crippen molar-refractivity contribution in [2.24, 2.45) is 0 Å². The van der Waals surface area contributed by atoms with E-state index in [1.165, 1.54) is 19.1 Å². The minimum atomic E-state index is -3.44. The molecule has 2 rings (SSSR count). The van der Waals surface area contributed by atoms with E-state index in [0.29, 0.717) is 18.8 Å². The number of benzene rings is 1. The molecule has 1 fully saturated rings. The lowest BCUT2D eigenvalue weighted by atomic mass is 10.2. The topological polar surface area (TPSA) is 92.6 Å². The maximum atomic E-state index is 11.9. The Balaban J connectivity index is 0.00000242. The molecule has 1 aromatic rings. The Bertz CT molecular complexity index is 628. The van der Waals surface area contributed by atoms with Crippen molar-refractivity contribution in [2.45, 2.75) is 18.2 Å². The highest BCUT2D eigenvalue weighted by molar-refractivity contribution is 7.91. The van der Waals surface area contributed by atoms with Crippen LogP contribution in [0.15, 0.2) is 23.1 Å². The SMILES string of the molecule is CCS(=O)(=O)c1ccc(N2CCCNCC2)c([N+](=O)[O-])c1.Cl. The Morgan fingerprint density at radius 3 is 2.68 bits per heavy atom. The number of rotatable bonds is 4. The summed E-state index contributed by atoms with van der Waals surface area (Å²) < 4.78 is 23.7. The van der Waals surface area contributed by atoms with Crippen LogP contribution in [0.5, 0.6) is 0 Å². The van der Waals surface area contributed by atoms with Gasteiger partial charge in [0.15, 0.2) is 9.84 Å². The lowest BCUT2D eigenvalue weighted by molar-refractivity contribution is -0.384. The molecule has 0 saturated carbocycles. The molecule has 1 heterocycles. The molecule has 0 radical (unpaired) electrons. The zero-order valence-electron chi connectivity index (χ0n) is 12.3. The second-order valence-corrected chi connectivity index (χ2v) is 7.18. The number of halogens is 1. The number of nitro benzene ring substituents is 1. The zero-order valence-corrected chi connectivity index (χ0v) is 14.0. The molecule has 1 N–H and O–H groups in total. The summed E-state index contributed by atoms with van der Waals surface area (Å²) in [5, 5.41) is 14.5. The summed E-state index contributed by atoms with van der Waals surface area (Å²) >= 11 is 0. The van der Waals surface area contributed by atoms with Crippen molar-refractivity contribution >= 4 is 33.6 Å². The fourth-order valence-corrected chi connectivity index (χ4v) is 3.26. The van der Waals surface area contributed by atoms with Crippen molar-refractivity contribution in [2.75, 3.05) is 36.8 Å². The number of sulfone groups is 1. The smallest absolute Gasteiger partial charge is 0.293 e. The maximum Gasteiger partial charge on any atom is 0.293 e. The van der Waals surface area contributed by atoms with Gasteiger partial charge in [-0.1, -0.05) is 6.92 Å².